The molecule has 0 bridgehead atoms. The number of amides is 2. The zero-order valence-corrected chi connectivity index (χ0v) is 16.8. The van der Waals surface area contributed by atoms with Crippen molar-refractivity contribution in [2.75, 3.05) is 18.4 Å². The first-order valence-corrected chi connectivity index (χ1v) is 9.41. The first-order valence-electron chi connectivity index (χ1n) is 8.66. The maximum Gasteiger partial charge on any atom is 0.263 e. The third kappa shape index (κ3) is 6.45. The van der Waals surface area contributed by atoms with Gasteiger partial charge in [0.05, 0.1) is 17.3 Å². The van der Waals surface area contributed by atoms with E-state index < -0.39 is 6.10 Å². The molecular weight excluding hydrogens is 387 g/mol. The maximum atomic E-state index is 12.7. The van der Waals surface area contributed by atoms with Gasteiger partial charge in [0.2, 0.25) is 5.91 Å². The number of nitrogens with zero attached hydrogens (tertiary/aromatic N) is 1. The molecule has 5 nitrogen and oxygen atoms in total. The number of anilines is 1. The van der Waals surface area contributed by atoms with Gasteiger partial charge in [0.15, 0.2) is 6.10 Å². The van der Waals surface area contributed by atoms with Crippen LogP contribution in [0, 0.1) is 0 Å². The first-order chi connectivity index (χ1) is 12.9. The number of hydrogen-bond donors (Lipinski definition) is 1. The third-order valence-corrected chi connectivity index (χ3v) is 4.31. The fraction of sp³-hybridized carbons (Fsp3) is 0.300. The zero-order chi connectivity index (χ0) is 19.8. The Hall–Kier alpha value is -2.24. The second-order valence-electron chi connectivity index (χ2n) is 6.01. The summed E-state index contributed by atoms with van der Waals surface area (Å²) in [5, 5.41) is 3.53. The molecule has 1 atom stereocenters. The number of rotatable bonds is 8. The summed E-state index contributed by atoms with van der Waals surface area (Å²) in [6.45, 7) is 3.95. The fourth-order valence-electron chi connectivity index (χ4n) is 2.50. The summed E-state index contributed by atoms with van der Waals surface area (Å²) in [6, 6.07) is 13.9. The van der Waals surface area contributed by atoms with Gasteiger partial charge in [0, 0.05) is 11.6 Å². The van der Waals surface area contributed by atoms with Crippen LogP contribution in [0.1, 0.15) is 20.3 Å². The van der Waals surface area contributed by atoms with Gasteiger partial charge in [-0.1, -0.05) is 48.3 Å². The summed E-state index contributed by atoms with van der Waals surface area (Å²) in [7, 11) is 0. The normalized spacial score (nSPS) is 11.6. The number of nitrogens with one attached hydrogen (secondary N) is 1. The molecule has 0 aliphatic rings. The molecule has 0 saturated carbocycles. The molecule has 27 heavy (non-hydrogen) atoms. The monoisotopic (exact) mass is 408 g/mol. The quantitative estimate of drug-likeness (QED) is 0.691. The van der Waals surface area contributed by atoms with E-state index in [9.17, 15) is 9.59 Å². The van der Waals surface area contributed by atoms with Crippen molar-refractivity contribution in [3.05, 3.63) is 58.6 Å². The van der Waals surface area contributed by atoms with Gasteiger partial charge in [-0.25, -0.2) is 0 Å². The second-order valence-corrected chi connectivity index (χ2v) is 6.85. The molecule has 0 aliphatic heterocycles. The van der Waals surface area contributed by atoms with Crippen molar-refractivity contribution in [1.29, 1.82) is 0 Å². The molecule has 0 fully saturated rings. The van der Waals surface area contributed by atoms with Gasteiger partial charge in [0.25, 0.3) is 5.91 Å². The lowest BCUT2D eigenvalue weighted by Crippen LogP contribution is -2.44. The highest BCUT2D eigenvalue weighted by Gasteiger charge is 2.24. The molecule has 1 unspecified atom stereocenters. The summed E-state index contributed by atoms with van der Waals surface area (Å²) < 4.78 is 5.68. The summed E-state index contributed by atoms with van der Waals surface area (Å²) in [5.74, 6) is -0.00844. The molecule has 1 N–H and O–H groups in total. The van der Waals surface area contributed by atoms with Crippen LogP contribution < -0.4 is 10.1 Å². The average Bonchev–Trinajstić information content (AvgIpc) is 2.64. The van der Waals surface area contributed by atoms with Crippen LogP contribution in [0.15, 0.2) is 48.5 Å². The standard InChI is InChI=1S/C20H22Cl2N2O3/c1-3-11-24(20(26)14(2)27-16-7-5-4-6-8-16)13-19(25)23-18-12-15(21)9-10-17(18)22/h4-10,12,14H,3,11,13H2,1-2H3,(H,23,25). The molecule has 7 heteroatoms. The number of benzene rings is 2. The Morgan fingerprint density at radius 3 is 2.52 bits per heavy atom. The Labute approximate surface area is 169 Å². The molecule has 2 aromatic carbocycles. The first kappa shape index (κ1) is 21.1. The largest absolute Gasteiger partial charge is 0.481 e. The van der Waals surface area contributed by atoms with Crippen LogP contribution in [0.4, 0.5) is 5.69 Å². The number of para-hydroxylation sites is 1. The Kier molecular flexibility index (Phi) is 7.95. The number of carbonyl (C=O) groups excluding carboxylic acids is 2. The van der Waals surface area contributed by atoms with E-state index in [0.717, 1.165) is 6.42 Å². The van der Waals surface area contributed by atoms with Gasteiger partial charge in [0.1, 0.15) is 5.75 Å². The van der Waals surface area contributed by atoms with E-state index in [1.54, 1.807) is 37.3 Å². The molecular formula is C20H22Cl2N2O3. The predicted octanol–water partition coefficient (Wildman–Crippen LogP) is 4.64. The van der Waals surface area contributed by atoms with Crippen molar-refractivity contribution < 1.29 is 14.3 Å². The van der Waals surface area contributed by atoms with E-state index in [1.807, 2.05) is 25.1 Å². The average molecular weight is 409 g/mol. The van der Waals surface area contributed by atoms with Crippen LogP contribution in [0.5, 0.6) is 5.75 Å². The molecule has 0 aromatic heterocycles. The zero-order valence-electron chi connectivity index (χ0n) is 15.2. The minimum absolute atomic E-state index is 0.0992. The Balaban J connectivity index is 2.01. The van der Waals surface area contributed by atoms with Gasteiger partial charge in [-0.2, -0.15) is 0 Å². The minimum Gasteiger partial charge on any atom is -0.481 e. The molecule has 0 aliphatic carbocycles. The lowest BCUT2D eigenvalue weighted by atomic mass is 10.2. The van der Waals surface area contributed by atoms with Crippen LogP contribution in [0.25, 0.3) is 0 Å². The summed E-state index contributed by atoms with van der Waals surface area (Å²) in [4.78, 5) is 26.6. The van der Waals surface area contributed by atoms with Gasteiger partial charge in [-0.05, 0) is 43.7 Å². The molecule has 2 rings (SSSR count). The van der Waals surface area contributed by atoms with Crippen molar-refractivity contribution in [2.45, 2.75) is 26.4 Å². The lowest BCUT2D eigenvalue weighted by molar-refractivity contribution is -0.140. The molecule has 0 radical (unpaired) electrons. The Morgan fingerprint density at radius 1 is 1.15 bits per heavy atom. The van der Waals surface area contributed by atoms with Crippen molar-refractivity contribution in [1.82, 2.24) is 4.90 Å². The van der Waals surface area contributed by atoms with E-state index in [-0.39, 0.29) is 18.4 Å². The van der Waals surface area contributed by atoms with Crippen molar-refractivity contribution >= 4 is 40.7 Å². The molecule has 2 aromatic rings. The van der Waals surface area contributed by atoms with Crippen LogP contribution in [-0.2, 0) is 9.59 Å². The second kappa shape index (κ2) is 10.2. The van der Waals surface area contributed by atoms with E-state index in [2.05, 4.69) is 5.32 Å². The molecule has 0 saturated heterocycles. The predicted molar refractivity (Wildman–Crippen MR) is 108 cm³/mol. The van der Waals surface area contributed by atoms with Crippen molar-refractivity contribution in [3.63, 3.8) is 0 Å². The minimum atomic E-state index is -0.707. The Morgan fingerprint density at radius 2 is 1.85 bits per heavy atom. The van der Waals surface area contributed by atoms with Gasteiger partial charge >= 0.3 is 0 Å². The summed E-state index contributed by atoms with van der Waals surface area (Å²) in [6.07, 6.45) is 0.0103. The van der Waals surface area contributed by atoms with Crippen molar-refractivity contribution in [2.24, 2.45) is 0 Å². The fourth-order valence-corrected chi connectivity index (χ4v) is 2.84. The number of carbonyl (C=O) groups is 2. The number of hydrogen-bond acceptors (Lipinski definition) is 3. The number of ether oxygens (including phenoxy) is 1. The molecule has 0 spiro atoms. The van der Waals surface area contributed by atoms with E-state index in [0.29, 0.717) is 28.0 Å². The van der Waals surface area contributed by atoms with Crippen LogP contribution in [-0.4, -0.2) is 35.9 Å². The smallest absolute Gasteiger partial charge is 0.263 e. The maximum absolute atomic E-state index is 12.7. The third-order valence-electron chi connectivity index (χ3n) is 3.75. The summed E-state index contributed by atoms with van der Waals surface area (Å²) >= 11 is 12.0. The highest BCUT2D eigenvalue weighted by atomic mass is 35.5. The Bertz CT molecular complexity index is 784. The van der Waals surface area contributed by atoms with E-state index in [4.69, 9.17) is 27.9 Å². The molecule has 0 heterocycles. The van der Waals surface area contributed by atoms with E-state index >= 15 is 0 Å². The van der Waals surface area contributed by atoms with Crippen LogP contribution in [0.2, 0.25) is 10.0 Å². The topological polar surface area (TPSA) is 58.6 Å². The number of halogens is 2. The highest BCUT2D eigenvalue weighted by Crippen LogP contribution is 2.25. The highest BCUT2D eigenvalue weighted by molar-refractivity contribution is 6.35. The van der Waals surface area contributed by atoms with Crippen LogP contribution in [0.3, 0.4) is 0 Å². The lowest BCUT2D eigenvalue weighted by Gasteiger charge is -2.25. The SMILES string of the molecule is CCCN(CC(=O)Nc1cc(Cl)ccc1Cl)C(=O)C(C)Oc1ccccc1. The van der Waals surface area contributed by atoms with Crippen molar-refractivity contribution in [3.8, 4) is 5.75 Å². The molecule has 2 amide bonds. The summed E-state index contributed by atoms with van der Waals surface area (Å²) in [5.41, 5.74) is 0.409. The van der Waals surface area contributed by atoms with Gasteiger partial charge in [-0.15, -0.1) is 0 Å². The van der Waals surface area contributed by atoms with Gasteiger partial charge < -0.3 is 15.0 Å². The van der Waals surface area contributed by atoms with Gasteiger partial charge in [-0.3, -0.25) is 9.59 Å². The molecule has 144 valence electrons. The van der Waals surface area contributed by atoms with Crippen LogP contribution >= 0.6 is 23.2 Å². The van der Waals surface area contributed by atoms with E-state index in [1.165, 1.54) is 4.90 Å².